The first kappa shape index (κ1) is 17.3. The summed E-state index contributed by atoms with van der Waals surface area (Å²) in [6.45, 7) is 6.66. The van der Waals surface area contributed by atoms with Crippen molar-refractivity contribution in [2.75, 3.05) is 6.61 Å². The van der Waals surface area contributed by atoms with Crippen molar-refractivity contribution in [1.82, 2.24) is 5.32 Å². The van der Waals surface area contributed by atoms with Crippen LogP contribution in [-0.4, -0.2) is 30.1 Å². The standard InChI is InChI=1S/C15H20ClNO4/c1-10(14(19)21-15(2,3)4)17-13(18)9-20-12-7-5-6-11(16)8-12/h5-8,10H,9H2,1-4H3,(H,17,18)/t10-/m1/s1. The monoisotopic (exact) mass is 313 g/mol. The van der Waals surface area contributed by atoms with Gasteiger partial charge in [-0.05, 0) is 45.9 Å². The maximum absolute atomic E-state index is 11.7. The number of esters is 1. The quantitative estimate of drug-likeness (QED) is 0.849. The number of carbonyl (C=O) groups excluding carboxylic acids is 2. The topological polar surface area (TPSA) is 64.6 Å². The van der Waals surface area contributed by atoms with Gasteiger partial charge in [0.25, 0.3) is 5.91 Å². The molecule has 0 saturated carbocycles. The highest BCUT2D eigenvalue weighted by Crippen LogP contribution is 2.16. The summed E-state index contributed by atoms with van der Waals surface area (Å²) in [5.41, 5.74) is -0.590. The predicted molar refractivity (Wildman–Crippen MR) is 80.4 cm³/mol. The van der Waals surface area contributed by atoms with E-state index in [9.17, 15) is 9.59 Å². The lowest BCUT2D eigenvalue weighted by molar-refractivity contribution is -0.158. The van der Waals surface area contributed by atoms with Crippen molar-refractivity contribution in [3.8, 4) is 5.75 Å². The zero-order valence-corrected chi connectivity index (χ0v) is 13.4. The first-order chi connectivity index (χ1) is 9.67. The summed E-state index contributed by atoms with van der Waals surface area (Å²) < 4.78 is 10.4. The van der Waals surface area contributed by atoms with Crippen LogP contribution in [0.2, 0.25) is 5.02 Å². The Morgan fingerprint density at radius 2 is 2.00 bits per heavy atom. The molecule has 0 bridgehead atoms. The Labute approximate surface area is 129 Å². The third-order valence-corrected chi connectivity index (χ3v) is 2.54. The highest BCUT2D eigenvalue weighted by Gasteiger charge is 2.22. The minimum Gasteiger partial charge on any atom is -0.484 e. The van der Waals surface area contributed by atoms with Crippen LogP contribution in [-0.2, 0) is 14.3 Å². The number of hydrogen-bond donors (Lipinski definition) is 1. The molecule has 0 unspecified atom stereocenters. The molecule has 116 valence electrons. The normalized spacial score (nSPS) is 12.4. The van der Waals surface area contributed by atoms with Crippen LogP contribution in [0, 0.1) is 0 Å². The SMILES string of the molecule is C[C@@H](NC(=O)COc1cccc(Cl)c1)C(=O)OC(C)(C)C. The minimum atomic E-state index is -0.736. The zero-order chi connectivity index (χ0) is 16.0. The maximum Gasteiger partial charge on any atom is 0.328 e. The molecule has 1 rings (SSSR count). The zero-order valence-electron chi connectivity index (χ0n) is 12.6. The van der Waals surface area contributed by atoms with Gasteiger partial charge >= 0.3 is 5.97 Å². The van der Waals surface area contributed by atoms with Crippen LogP contribution >= 0.6 is 11.6 Å². The second-order valence-corrected chi connectivity index (χ2v) is 6.01. The van der Waals surface area contributed by atoms with Gasteiger partial charge in [0.1, 0.15) is 17.4 Å². The molecule has 1 amide bonds. The molecular weight excluding hydrogens is 294 g/mol. The van der Waals surface area contributed by atoms with Crippen molar-refractivity contribution in [3.63, 3.8) is 0 Å². The van der Waals surface area contributed by atoms with E-state index in [1.807, 2.05) is 0 Å². The summed E-state index contributed by atoms with van der Waals surface area (Å²) in [6, 6.07) is 5.99. The average Bonchev–Trinajstić information content (AvgIpc) is 2.34. The summed E-state index contributed by atoms with van der Waals surface area (Å²) in [7, 11) is 0. The lowest BCUT2D eigenvalue weighted by atomic mass is 10.2. The van der Waals surface area contributed by atoms with Crippen LogP contribution in [0.1, 0.15) is 27.7 Å². The van der Waals surface area contributed by atoms with Crippen molar-refractivity contribution in [1.29, 1.82) is 0 Å². The molecule has 0 fully saturated rings. The van der Waals surface area contributed by atoms with Crippen molar-refractivity contribution < 1.29 is 19.1 Å². The fourth-order valence-corrected chi connectivity index (χ4v) is 1.62. The van der Waals surface area contributed by atoms with Gasteiger partial charge in [0, 0.05) is 5.02 Å². The Balaban J connectivity index is 2.41. The second-order valence-electron chi connectivity index (χ2n) is 5.57. The van der Waals surface area contributed by atoms with Gasteiger partial charge in [0.15, 0.2) is 6.61 Å². The van der Waals surface area contributed by atoms with E-state index in [4.69, 9.17) is 21.1 Å². The highest BCUT2D eigenvalue weighted by atomic mass is 35.5. The van der Waals surface area contributed by atoms with Gasteiger partial charge in [-0.25, -0.2) is 4.79 Å². The number of carbonyl (C=O) groups is 2. The van der Waals surface area contributed by atoms with Gasteiger partial charge in [-0.2, -0.15) is 0 Å². The van der Waals surface area contributed by atoms with Crippen molar-refractivity contribution >= 4 is 23.5 Å². The fourth-order valence-electron chi connectivity index (χ4n) is 1.44. The Kier molecular flexibility index (Phi) is 6.03. The Bertz CT molecular complexity index is 511. The van der Waals surface area contributed by atoms with E-state index in [0.717, 1.165) is 0 Å². The smallest absolute Gasteiger partial charge is 0.328 e. The van der Waals surface area contributed by atoms with Crippen LogP contribution in [0.5, 0.6) is 5.75 Å². The predicted octanol–water partition coefficient (Wildman–Crippen LogP) is 2.57. The third-order valence-electron chi connectivity index (χ3n) is 2.30. The molecule has 1 atom stereocenters. The van der Waals surface area contributed by atoms with Gasteiger partial charge in [0.05, 0.1) is 0 Å². The van der Waals surface area contributed by atoms with Crippen LogP contribution in [0.25, 0.3) is 0 Å². The second kappa shape index (κ2) is 7.31. The number of nitrogens with one attached hydrogen (secondary N) is 1. The summed E-state index contributed by atoms with van der Waals surface area (Å²) in [4.78, 5) is 23.4. The summed E-state index contributed by atoms with van der Waals surface area (Å²) >= 11 is 5.81. The molecule has 0 heterocycles. The molecule has 1 aromatic rings. The molecule has 5 nitrogen and oxygen atoms in total. The van der Waals surface area contributed by atoms with Crippen LogP contribution < -0.4 is 10.1 Å². The van der Waals surface area contributed by atoms with E-state index in [2.05, 4.69) is 5.32 Å². The number of benzene rings is 1. The number of hydrogen-bond acceptors (Lipinski definition) is 4. The maximum atomic E-state index is 11.7. The highest BCUT2D eigenvalue weighted by molar-refractivity contribution is 6.30. The van der Waals surface area contributed by atoms with E-state index in [1.165, 1.54) is 0 Å². The van der Waals surface area contributed by atoms with Crippen molar-refractivity contribution in [2.24, 2.45) is 0 Å². The van der Waals surface area contributed by atoms with E-state index < -0.39 is 23.5 Å². The molecule has 0 aromatic heterocycles. The molecule has 0 aliphatic carbocycles. The third kappa shape index (κ3) is 6.99. The summed E-state index contributed by atoms with van der Waals surface area (Å²) in [5.74, 6) is -0.408. The fraction of sp³-hybridized carbons (Fsp3) is 0.467. The molecule has 0 aliphatic rings. The number of amides is 1. The van der Waals surface area contributed by atoms with Gasteiger partial charge in [-0.3, -0.25) is 4.79 Å². The van der Waals surface area contributed by atoms with Crippen molar-refractivity contribution in [2.45, 2.75) is 39.3 Å². The van der Waals surface area contributed by atoms with Crippen LogP contribution in [0.3, 0.4) is 0 Å². The van der Waals surface area contributed by atoms with Crippen molar-refractivity contribution in [3.05, 3.63) is 29.3 Å². The molecule has 0 radical (unpaired) electrons. The number of ether oxygens (including phenoxy) is 2. The molecule has 0 spiro atoms. The van der Waals surface area contributed by atoms with E-state index in [0.29, 0.717) is 10.8 Å². The van der Waals surface area contributed by atoms with Gasteiger partial charge in [-0.15, -0.1) is 0 Å². The molecule has 21 heavy (non-hydrogen) atoms. The number of halogens is 1. The Morgan fingerprint density at radius 3 is 2.57 bits per heavy atom. The van der Waals surface area contributed by atoms with Crippen LogP contribution in [0.15, 0.2) is 24.3 Å². The molecule has 0 aliphatic heterocycles. The van der Waals surface area contributed by atoms with E-state index >= 15 is 0 Å². The van der Waals surface area contributed by atoms with E-state index in [-0.39, 0.29) is 6.61 Å². The first-order valence-corrected chi connectivity index (χ1v) is 6.96. The Morgan fingerprint density at radius 1 is 1.33 bits per heavy atom. The van der Waals surface area contributed by atoms with Gasteiger partial charge in [-0.1, -0.05) is 17.7 Å². The largest absolute Gasteiger partial charge is 0.484 e. The van der Waals surface area contributed by atoms with Gasteiger partial charge < -0.3 is 14.8 Å². The van der Waals surface area contributed by atoms with E-state index in [1.54, 1.807) is 52.0 Å². The molecular formula is C15H20ClNO4. The summed E-state index contributed by atoms with van der Waals surface area (Å²) in [6.07, 6.45) is 0. The Hall–Kier alpha value is -1.75. The molecule has 0 saturated heterocycles. The number of rotatable bonds is 5. The molecule has 1 aromatic carbocycles. The lowest BCUT2D eigenvalue weighted by Crippen LogP contribution is -2.43. The molecule has 1 N–H and O–H groups in total. The first-order valence-electron chi connectivity index (χ1n) is 6.58. The summed E-state index contributed by atoms with van der Waals surface area (Å²) in [5, 5.41) is 3.04. The van der Waals surface area contributed by atoms with Crippen LogP contribution in [0.4, 0.5) is 0 Å². The minimum absolute atomic E-state index is 0.201. The lowest BCUT2D eigenvalue weighted by Gasteiger charge is -2.22. The average molecular weight is 314 g/mol. The van der Waals surface area contributed by atoms with Gasteiger partial charge in [0.2, 0.25) is 0 Å². The molecule has 6 heteroatoms.